The monoisotopic (exact) mass is 229 g/mol. The van der Waals surface area contributed by atoms with Gasteiger partial charge in [-0.2, -0.15) is 11.8 Å². The molecular formula is C12H23NOS. The molecule has 0 amide bonds. The van der Waals surface area contributed by atoms with E-state index < -0.39 is 0 Å². The smallest absolute Gasteiger partial charge is 0.0693 e. The summed E-state index contributed by atoms with van der Waals surface area (Å²) in [6, 6.07) is 0.373. The third kappa shape index (κ3) is 3.65. The zero-order valence-corrected chi connectivity index (χ0v) is 10.3. The van der Waals surface area contributed by atoms with Crippen LogP contribution in [0.5, 0.6) is 0 Å². The van der Waals surface area contributed by atoms with Gasteiger partial charge in [-0.05, 0) is 43.2 Å². The maximum absolute atomic E-state index is 9.96. The summed E-state index contributed by atoms with van der Waals surface area (Å²) in [5.74, 6) is 3.50. The molecule has 1 heterocycles. The quantitative estimate of drug-likeness (QED) is 0.726. The zero-order valence-electron chi connectivity index (χ0n) is 9.45. The summed E-state index contributed by atoms with van der Waals surface area (Å²) in [5, 5.41) is 13.5. The van der Waals surface area contributed by atoms with Crippen molar-refractivity contribution in [2.75, 3.05) is 18.1 Å². The van der Waals surface area contributed by atoms with Gasteiger partial charge in [0.05, 0.1) is 6.10 Å². The molecule has 88 valence electrons. The Morgan fingerprint density at radius 1 is 1.13 bits per heavy atom. The molecule has 3 atom stereocenters. The van der Waals surface area contributed by atoms with Gasteiger partial charge < -0.3 is 10.4 Å². The van der Waals surface area contributed by atoms with Crippen LogP contribution in [0, 0.1) is 5.92 Å². The van der Waals surface area contributed by atoms with E-state index in [1.165, 1.54) is 43.6 Å². The lowest BCUT2D eigenvalue weighted by Gasteiger charge is -2.23. The van der Waals surface area contributed by atoms with Crippen molar-refractivity contribution in [3.05, 3.63) is 0 Å². The number of rotatable bonds is 3. The first-order chi connectivity index (χ1) is 7.36. The topological polar surface area (TPSA) is 32.3 Å². The van der Waals surface area contributed by atoms with E-state index in [0.29, 0.717) is 6.04 Å². The maximum Gasteiger partial charge on any atom is 0.0693 e. The van der Waals surface area contributed by atoms with Gasteiger partial charge >= 0.3 is 0 Å². The highest BCUT2D eigenvalue weighted by Gasteiger charge is 2.23. The van der Waals surface area contributed by atoms with E-state index in [4.69, 9.17) is 0 Å². The average molecular weight is 229 g/mol. The molecule has 1 aliphatic heterocycles. The Bertz CT molecular complexity index is 182. The summed E-state index contributed by atoms with van der Waals surface area (Å²) in [5.41, 5.74) is 0. The third-order valence-electron chi connectivity index (χ3n) is 3.67. The van der Waals surface area contributed by atoms with E-state index in [1.54, 1.807) is 0 Å². The van der Waals surface area contributed by atoms with Gasteiger partial charge in [0.1, 0.15) is 0 Å². The number of nitrogens with one attached hydrogen (secondary N) is 1. The fourth-order valence-corrected chi connectivity index (χ4v) is 3.87. The van der Waals surface area contributed by atoms with Gasteiger partial charge in [-0.25, -0.2) is 0 Å². The summed E-state index contributed by atoms with van der Waals surface area (Å²) in [6.45, 7) is 1.12. The molecule has 2 nitrogen and oxygen atoms in total. The van der Waals surface area contributed by atoms with Crippen molar-refractivity contribution in [2.24, 2.45) is 5.92 Å². The summed E-state index contributed by atoms with van der Waals surface area (Å²) in [6.07, 6.45) is 7.22. The van der Waals surface area contributed by atoms with Crippen LogP contribution in [0.1, 0.15) is 38.5 Å². The van der Waals surface area contributed by atoms with Crippen LogP contribution in [0.25, 0.3) is 0 Å². The molecule has 3 unspecified atom stereocenters. The average Bonchev–Trinajstić information content (AvgIpc) is 2.67. The van der Waals surface area contributed by atoms with E-state index in [9.17, 15) is 5.11 Å². The summed E-state index contributed by atoms with van der Waals surface area (Å²) < 4.78 is 0. The van der Waals surface area contributed by atoms with E-state index in [-0.39, 0.29) is 6.10 Å². The molecule has 0 bridgehead atoms. The van der Waals surface area contributed by atoms with Crippen LogP contribution in [-0.2, 0) is 0 Å². The largest absolute Gasteiger partial charge is 0.392 e. The normalized spacial score (nSPS) is 37.8. The number of thioether (sulfide) groups is 1. The van der Waals surface area contributed by atoms with E-state index in [2.05, 4.69) is 17.1 Å². The molecule has 0 radical (unpaired) electrons. The Labute approximate surface area is 97.2 Å². The van der Waals surface area contributed by atoms with E-state index in [1.807, 2.05) is 0 Å². The molecule has 2 rings (SSSR count). The van der Waals surface area contributed by atoms with Crippen LogP contribution in [0.2, 0.25) is 0 Å². The van der Waals surface area contributed by atoms with Gasteiger partial charge in [0.15, 0.2) is 0 Å². The van der Waals surface area contributed by atoms with Crippen LogP contribution in [-0.4, -0.2) is 35.3 Å². The maximum atomic E-state index is 9.96. The lowest BCUT2D eigenvalue weighted by molar-refractivity contribution is 0.118. The van der Waals surface area contributed by atoms with Crippen molar-refractivity contribution in [3.8, 4) is 0 Å². The first-order valence-electron chi connectivity index (χ1n) is 6.35. The fourth-order valence-electron chi connectivity index (χ4n) is 2.59. The third-order valence-corrected chi connectivity index (χ3v) is 4.90. The minimum Gasteiger partial charge on any atom is -0.392 e. The van der Waals surface area contributed by atoms with Crippen LogP contribution in [0.15, 0.2) is 0 Å². The fraction of sp³-hybridized carbons (Fsp3) is 1.00. The Balaban J connectivity index is 1.71. The van der Waals surface area contributed by atoms with Crippen LogP contribution < -0.4 is 5.32 Å². The van der Waals surface area contributed by atoms with Gasteiger partial charge in [-0.1, -0.05) is 19.3 Å². The molecule has 1 aliphatic carbocycles. The number of hydrogen-bond acceptors (Lipinski definition) is 3. The standard InChI is InChI=1S/C12H23NOS/c14-12-5-3-1-2-4-11(12)13-8-10-6-7-15-9-10/h10-14H,1-9H2. The SMILES string of the molecule is OC1CCCCCC1NCC1CCSC1. The molecule has 0 aromatic heterocycles. The molecule has 0 aromatic rings. The van der Waals surface area contributed by atoms with Crippen molar-refractivity contribution < 1.29 is 5.11 Å². The highest BCUT2D eigenvalue weighted by molar-refractivity contribution is 7.99. The molecule has 2 fully saturated rings. The van der Waals surface area contributed by atoms with Crippen molar-refractivity contribution in [3.63, 3.8) is 0 Å². The minimum atomic E-state index is -0.0958. The van der Waals surface area contributed by atoms with Crippen LogP contribution in [0.3, 0.4) is 0 Å². The number of aliphatic hydroxyl groups excluding tert-OH is 1. The van der Waals surface area contributed by atoms with E-state index in [0.717, 1.165) is 18.9 Å². The van der Waals surface area contributed by atoms with Gasteiger partial charge in [0.2, 0.25) is 0 Å². The zero-order chi connectivity index (χ0) is 10.5. The molecule has 2 N–H and O–H groups in total. The Morgan fingerprint density at radius 2 is 2.00 bits per heavy atom. The molecule has 1 saturated heterocycles. The van der Waals surface area contributed by atoms with Crippen molar-refractivity contribution in [1.29, 1.82) is 0 Å². The molecule has 1 saturated carbocycles. The number of hydrogen-bond donors (Lipinski definition) is 2. The second-order valence-electron chi connectivity index (χ2n) is 4.95. The van der Waals surface area contributed by atoms with Crippen molar-refractivity contribution >= 4 is 11.8 Å². The van der Waals surface area contributed by atoms with Crippen LogP contribution >= 0.6 is 11.8 Å². The Kier molecular flexibility index (Phi) is 4.79. The Hall–Kier alpha value is 0.270. The molecule has 0 spiro atoms. The molecule has 0 aromatic carbocycles. The molecule has 2 aliphatic rings. The second-order valence-corrected chi connectivity index (χ2v) is 6.10. The number of aliphatic hydroxyl groups is 1. The lowest BCUT2D eigenvalue weighted by Crippen LogP contribution is -2.41. The Morgan fingerprint density at radius 3 is 2.80 bits per heavy atom. The lowest BCUT2D eigenvalue weighted by atomic mass is 10.0. The predicted octanol–water partition coefficient (Wildman–Crippen LogP) is 2.02. The van der Waals surface area contributed by atoms with Crippen molar-refractivity contribution in [2.45, 2.75) is 50.7 Å². The van der Waals surface area contributed by atoms with Gasteiger partial charge in [0.25, 0.3) is 0 Å². The summed E-state index contributed by atoms with van der Waals surface area (Å²) >= 11 is 2.07. The predicted molar refractivity (Wildman–Crippen MR) is 66.3 cm³/mol. The molecular weight excluding hydrogens is 206 g/mol. The second kappa shape index (κ2) is 6.12. The van der Waals surface area contributed by atoms with Crippen molar-refractivity contribution in [1.82, 2.24) is 5.32 Å². The van der Waals surface area contributed by atoms with Crippen LogP contribution in [0.4, 0.5) is 0 Å². The highest BCUT2D eigenvalue weighted by Crippen LogP contribution is 2.24. The first-order valence-corrected chi connectivity index (χ1v) is 7.51. The van der Waals surface area contributed by atoms with Gasteiger partial charge in [0, 0.05) is 6.04 Å². The van der Waals surface area contributed by atoms with Gasteiger partial charge in [-0.15, -0.1) is 0 Å². The highest BCUT2D eigenvalue weighted by atomic mass is 32.2. The minimum absolute atomic E-state index is 0.0958. The summed E-state index contributed by atoms with van der Waals surface area (Å²) in [4.78, 5) is 0. The molecule has 3 heteroatoms. The summed E-state index contributed by atoms with van der Waals surface area (Å²) in [7, 11) is 0. The van der Waals surface area contributed by atoms with Gasteiger partial charge in [-0.3, -0.25) is 0 Å². The van der Waals surface area contributed by atoms with E-state index >= 15 is 0 Å². The molecule has 15 heavy (non-hydrogen) atoms. The first kappa shape index (κ1) is 11.7.